The number of aromatic nitrogens is 2. The Morgan fingerprint density at radius 1 is 1.43 bits per heavy atom. The van der Waals surface area contributed by atoms with Crippen LogP contribution in [0.1, 0.15) is 18.4 Å². The van der Waals surface area contributed by atoms with Crippen LogP contribution in [0.15, 0.2) is 11.2 Å². The molecule has 1 heterocycles. The molecule has 1 aromatic rings. The van der Waals surface area contributed by atoms with Crippen LogP contribution in [0.25, 0.3) is 0 Å². The molecule has 0 saturated heterocycles. The Hall–Kier alpha value is -1.20. The van der Waals surface area contributed by atoms with E-state index in [0.29, 0.717) is 6.04 Å². The monoisotopic (exact) mass is 330 g/mol. The third-order valence-electron chi connectivity index (χ3n) is 2.92. The van der Waals surface area contributed by atoms with Gasteiger partial charge in [0.25, 0.3) is 10.0 Å². The molecule has 1 saturated carbocycles. The Bertz CT molecular complexity index is 586. The molecule has 1 aliphatic rings. The molecule has 0 amide bonds. The summed E-state index contributed by atoms with van der Waals surface area (Å²) in [6, 6.07) is 0.312. The number of rotatable bonds is 8. The van der Waals surface area contributed by atoms with Crippen LogP contribution in [0.3, 0.4) is 0 Å². The summed E-state index contributed by atoms with van der Waals surface area (Å²) in [7, 11) is -4.36. The minimum atomic E-state index is -4.43. The number of nitrogens with one attached hydrogen (secondary N) is 3. The summed E-state index contributed by atoms with van der Waals surface area (Å²) in [5, 5.41) is 8.37. The highest BCUT2D eigenvalue weighted by molar-refractivity contribution is 7.89. The second kappa shape index (κ2) is 5.89. The van der Waals surface area contributed by atoms with Crippen LogP contribution in [-0.4, -0.2) is 43.5 Å². The molecule has 0 aromatic carbocycles. The molecule has 0 spiro atoms. The van der Waals surface area contributed by atoms with Crippen molar-refractivity contribution in [3.05, 3.63) is 11.8 Å². The van der Waals surface area contributed by atoms with E-state index in [4.69, 9.17) is 0 Å². The first-order valence-electron chi connectivity index (χ1n) is 6.13. The van der Waals surface area contributed by atoms with Crippen molar-refractivity contribution in [2.24, 2.45) is 0 Å². The van der Waals surface area contributed by atoms with Gasteiger partial charge in [-0.3, -0.25) is 5.10 Å². The first kappa shape index (κ1) is 16.2. The van der Waals surface area contributed by atoms with Crippen LogP contribution in [0, 0.1) is 0 Å². The normalized spacial score (nSPS) is 16.6. The lowest BCUT2D eigenvalue weighted by atomic mass is 10.3. The van der Waals surface area contributed by atoms with Crippen molar-refractivity contribution in [2.45, 2.75) is 42.8 Å². The van der Waals surface area contributed by atoms with Crippen molar-refractivity contribution in [1.82, 2.24) is 20.2 Å². The molecule has 0 bridgehead atoms. The largest absolute Gasteiger partial charge is 0.320 e. The Kier molecular flexibility index (Phi) is 4.54. The van der Waals surface area contributed by atoms with Gasteiger partial charge in [-0.15, -0.1) is 0 Å². The zero-order valence-corrected chi connectivity index (χ0v) is 11.6. The molecule has 120 valence electrons. The van der Waals surface area contributed by atoms with E-state index in [9.17, 15) is 26.0 Å². The summed E-state index contributed by atoms with van der Waals surface area (Å²) in [6.07, 6.45) is -0.731. The maximum atomic E-state index is 12.8. The Morgan fingerprint density at radius 2 is 2.10 bits per heavy atom. The summed E-state index contributed by atoms with van der Waals surface area (Å²) < 4.78 is 74.7. The highest BCUT2D eigenvalue weighted by atomic mass is 32.2. The average molecular weight is 330 g/mol. The number of aromatic amines is 1. The zero-order chi connectivity index (χ0) is 15.7. The van der Waals surface area contributed by atoms with Crippen molar-refractivity contribution in [1.29, 1.82) is 0 Å². The van der Waals surface area contributed by atoms with Gasteiger partial charge >= 0.3 is 12.3 Å². The quantitative estimate of drug-likeness (QED) is 0.617. The van der Waals surface area contributed by atoms with Crippen molar-refractivity contribution in [3.63, 3.8) is 0 Å². The van der Waals surface area contributed by atoms with E-state index in [0.717, 1.165) is 12.8 Å². The van der Waals surface area contributed by atoms with E-state index in [1.54, 1.807) is 0 Å². The number of hydrogen-bond donors (Lipinski definition) is 3. The van der Waals surface area contributed by atoms with Gasteiger partial charge in [-0.05, 0) is 12.8 Å². The van der Waals surface area contributed by atoms with Gasteiger partial charge in [-0.1, -0.05) is 0 Å². The SMILES string of the molecule is O=S(=O)(NCC(F)(F)C(F)F)c1[nH]ncc1CNC1CC1. The van der Waals surface area contributed by atoms with Gasteiger partial charge in [0.15, 0.2) is 5.03 Å². The first-order valence-corrected chi connectivity index (χ1v) is 7.62. The van der Waals surface area contributed by atoms with E-state index >= 15 is 0 Å². The van der Waals surface area contributed by atoms with Crippen LogP contribution in [0.2, 0.25) is 0 Å². The predicted octanol–water partition coefficient (Wildman–Crippen LogP) is 0.840. The average Bonchev–Trinajstić information content (AvgIpc) is 3.10. The van der Waals surface area contributed by atoms with Gasteiger partial charge in [0.2, 0.25) is 0 Å². The lowest BCUT2D eigenvalue weighted by molar-refractivity contribution is -0.122. The number of nitrogens with zero attached hydrogens (tertiary/aromatic N) is 1. The van der Waals surface area contributed by atoms with E-state index in [1.165, 1.54) is 10.9 Å². The highest BCUT2D eigenvalue weighted by Gasteiger charge is 2.42. The molecule has 1 fully saturated rings. The minimum absolute atomic E-state index is 0.197. The molecule has 11 heteroatoms. The number of halogens is 4. The molecular weight excluding hydrogens is 316 g/mol. The van der Waals surface area contributed by atoms with Gasteiger partial charge < -0.3 is 5.32 Å². The van der Waals surface area contributed by atoms with Crippen LogP contribution in [0.5, 0.6) is 0 Å². The molecule has 3 N–H and O–H groups in total. The van der Waals surface area contributed by atoms with Crippen LogP contribution < -0.4 is 10.0 Å². The fourth-order valence-corrected chi connectivity index (χ4v) is 2.71. The molecule has 2 rings (SSSR count). The fraction of sp³-hybridized carbons (Fsp3) is 0.700. The lowest BCUT2D eigenvalue weighted by Crippen LogP contribution is -2.41. The van der Waals surface area contributed by atoms with Gasteiger partial charge in [0.05, 0.1) is 12.7 Å². The van der Waals surface area contributed by atoms with Crippen molar-refractivity contribution >= 4 is 10.0 Å². The Morgan fingerprint density at radius 3 is 2.67 bits per heavy atom. The summed E-state index contributed by atoms with van der Waals surface area (Å²) in [5.74, 6) is -4.43. The van der Waals surface area contributed by atoms with E-state index in [2.05, 4.69) is 15.5 Å². The third-order valence-corrected chi connectivity index (χ3v) is 4.34. The van der Waals surface area contributed by atoms with Gasteiger partial charge in [0.1, 0.15) is 0 Å². The highest BCUT2D eigenvalue weighted by Crippen LogP contribution is 2.23. The Labute approximate surface area is 118 Å². The van der Waals surface area contributed by atoms with Gasteiger partial charge in [-0.25, -0.2) is 21.9 Å². The molecule has 6 nitrogen and oxygen atoms in total. The number of H-pyrrole nitrogens is 1. The molecule has 21 heavy (non-hydrogen) atoms. The maximum Gasteiger partial charge on any atom is 0.320 e. The van der Waals surface area contributed by atoms with E-state index in [-0.39, 0.29) is 12.1 Å². The topological polar surface area (TPSA) is 86.9 Å². The van der Waals surface area contributed by atoms with Crippen molar-refractivity contribution in [2.75, 3.05) is 6.54 Å². The predicted molar refractivity (Wildman–Crippen MR) is 64.6 cm³/mol. The van der Waals surface area contributed by atoms with Gasteiger partial charge in [0, 0.05) is 18.2 Å². The second-order valence-corrected chi connectivity index (χ2v) is 6.47. The standard InChI is InChI=1S/C10H14F4N4O2S/c11-9(12)10(13,14)5-17-21(19,20)8-6(4-16-18-8)3-15-7-1-2-7/h4,7,9,15,17H,1-3,5H2,(H,16,18). The van der Waals surface area contributed by atoms with Crippen LogP contribution in [0.4, 0.5) is 17.6 Å². The number of alkyl halides is 4. The first-order chi connectivity index (χ1) is 9.72. The van der Waals surface area contributed by atoms with E-state index < -0.39 is 33.9 Å². The van der Waals surface area contributed by atoms with Crippen LogP contribution in [-0.2, 0) is 16.6 Å². The second-order valence-electron chi connectivity index (χ2n) is 4.77. The molecule has 1 aliphatic carbocycles. The molecule has 0 aliphatic heterocycles. The third kappa shape index (κ3) is 4.14. The zero-order valence-electron chi connectivity index (χ0n) is 10.7. The molecule has 0 atom stereocenters. The summed E-state index contributed by atoms with van der Waals surface area (Å²) in [5.41, 5.74) is 0.259. The smallest absolute Gasteiger partial charge is 0.310 e. The summed E-state index contributed by atoms with van der Waals surface area (Å²) in [6.45, 7) is -1.48. The van der Waals surface area contributed by atoms with E-state index in [1.807, 2.05) is 0 Å². The van der Waals surface area contributed by atoms with Crippen LogP contribution >= 0.6 is 0 Å². The lowest BCUT2D eigenvalue weighted by Gasteiger charge is -2.15. The number of hydrogen-bond acceptors (Lipinski definition) is 4. The van der Waals surface area contributed by atoms with Crippen molar-refractivity contribution < 1.29 is 26.0 Å². The Balaban J connectivity index is 2.03. The molecule has 1 aromatic heterocycles. The molecule has 0 radical (unpaired) electrons. The molecular formula is C10H14F4N4O2S. The summed E-state index contributed by atoms with van der Waals surface area (Å²) in [4.78, 5) is 0. The van der Waals surface area contributed by atoms with Crippen molar-refractivity contribution in [3.8, 4) is 0 Å². The minimum Gasteiger partial charge on any atom is -0.310 e. The fourth-order valence-electron chi connectivity index (χ4n) is 1.54. The summed E-state index contributed by atoms with van der Waals surface area (Å²) >= 11 is 0. The molecule has 0 unspecified atom stereocenters. The van der Waals surface area contributed by atoms with Gasteiger partial charge in [-0.2, -0.15) is 13.9 Å². The maximum absolute atomic E-state index is 12.8. The number of sulfonamides is 1.